The minimum atomic E-state index is 0.115. The SMILES string of the molecule is COc1cc(C(=O)N2CCC3(CCNCC3)CC2)ccc1OC1CCCC1. The van der Waals surface area contributed by atoms with Crippen molar-refractivity contribution < 1.29 is 14.3 Å². The zero-order valence-corrected chi connectivity index (χ0v) is 16.5. The third-order valence-corrected chi connectivity index (χ3v) is 6.78. The van der Waals surface area contributed by atoms with Gasteiger partial charge in [0, 0.05) is 18.7 Å². The number of piperidine rings is 2. The number of likely N-dealkylation sites (tertiary alicyclic amines) is 1. The first-order valence-corrected chi connectivity index (χ1v) is 10.5. The maximum absolute atomic E-state index is 13.0. The van der Waals surface area contributed by atoms with Crippen LogP contribution >= 0.6 is 0 Å². The third kappa shape index (κ3) is 4.08. The molecule has 0 aromatic heterocycles. The summed E-state index contributed by atoms with van der Waals surface area (Å²) in [5, 5.41) is 3.45. The summed E-state index contributed by atoms with van der Waals surface area (Å²) in [5.41, 5.74) is 1.16. The quantitative estimate of drug-likeness (QED) is 0.877. The summed E-state index contributed by atoms with van der Waals surface area (Å²) in [6.45, 7) is 3.96. The zero-order valence-electron chi connectivity index (χ0n) is 16.5. The normalized spacial score (nSPS) is 22.8. The summed E-state index contributed by atoms with van der Waals surface area (Å²) in [6, 6.07) is 5.65. The van der Waals surface area contributed by atoms with E-state index in [1.54, 1.807) is 7.11 Å². The molecule has 4 rings (SSSR count). The Balaban J connectivity index is 1.41. The first kappa shape index (κ1) is 18.6. The van der Waals surface area contributed by atoms with Crippen molar-refractivity contribution in [1.82, 2.24) is 10.2 Å². The highest BCUT2D eigenvalue weighted by atomic mass is 16.5. The number of hydrogen-bond acceptors (Lipinski definition) is 4. The molecule has 3 aliphatic rings. The molecule has 0 bridgehead atoms. The molecule has 5 heteroatoms. The molecular weight excluding hydrogens is 340 g/mol. The van der Waals surface area contributed by atoms with Gasteiger partial charge in [0.05, 0.1) is 13.2 Å². The van der Waals surface area contributed by atoms with Crippen molar-refractivity contribution in [3.05, 3.63) is 23.8 Å². The van der Waals surface area contributed by atoms with Crippen LogP contribution in [-0.4, -0.2) is 50.2 Å². The number of hydrogen-bond donors (Lipinski definition) is 1. The van der Waals surface area contributed by atoms with Gasteiger partial charge >= 0.3 is 0 Å². The summed E-state index contributed by atoms with van der Waals surface area (Å²) in [6.07, 6.45) is 9.70. The van der Waals surface area contributed by atoms with Gasteiger partial charge in [0.25, 0.3) is 5.91 Å². The van der Waals surface area contributed by atoms with E-state index in [1.165, 1.54) is 25.7 Å². The monoisotopic (exact) mass is 372 g/mol. The number of benzene rings is 1. The fourth-order valence-electron chi connectivity index (χ4n) is 4.91. The van der Waals surface area contributed by atoms with E-state index < -0.39 is 0 Å². The molecule has 0 radical (unpaired) electrons. The van der Waals surface area contributed by atoms with Crippen LogP contribution in [0, 0.1) is 5.41 Å². The molecule has 27 heavy (non-hydrogen) atoms. The number of nitrogens with zero attached hydrogens (tertiary/aromatic N) is 1. The van der Waals surface area contributed by atoms with E-state index in [0.717, 1.165) is 57.6 Å². The molecule has 2 aliphatic heterocycles. The number of carbonyl (C=O) groups is 1. The molecule has 3 fully saturated rings. The summed E-state index contributed by atoms with van der Waals surface area (Å²) in [4.78, 5) is 15.0. The molecule has 2 heterocycles. The molecule has 0 unspecified atom stereocenters. The smallest absolute Gasteiger partial charge is 0.253 e. The van der Waals surface area contributed by atoms with E-state index in [1.807, 2.05) is 23.1 Å². The van der Waals surface area contributed by atoms with Crippen LogP contribution in [0.4, 0.5) is 0 Å². The number of carbonyl (C=O) groups excluding carboxylic acids is 1. The van der Waals surface area contributed by atoms with Crippen molar-refractivity contribution in [2.24, 2.45) is 5.41 Å². The average Bonchev–Trinajstić information content (AvgIpc) is 3.22. The molecule has 1 aromatic rings. The Morgan fingerprint density at radius 3 is 2.44 bits per heavy atom. The largest absolute Gasteiger partial charge is 0.493 e. The number of methoxy groups -OCH3 is 1. The fourth-order valence-corrected chi connectivity index (χ4v) is 4.91. The molecule has 1 aliphatic carbocycles. The van der Waals surface area contributed by atoms with E-state index in [0.29, 0.717) is 16.7 Å². The Hall–Kier alpha value is -1.75. The van der Waals surface area contributed by atoms with Gasteiger partial charge in [-0.1, -0.05) is 0 Å². The summed E-state index contributed by atoms with van der Waals surface area (Å²) in [5.74, 6) is 1.54. The minimum absolute atomic E-state index is 0.115. The molecule has 2 saturated heterocycles. The van der Waals surface area contributed by atoms with Crippen molar-refractivity contribution >= 4 is 5.91 Å². The minimum Gasteiger partial charge on any atom is -0.493 e. The number of amides is 1. The lowest BCUT2D eigenvalue weighted by Gasteiger charge is -2.44. The van der Waals surface area contributed by atoms with Gasteiger partial charge in [-0.05, 0) is 88.1 Å². The molecule has 1 aromatic carbocycles. The van der Waals surface area contributed by atoms with Gasteiger partial charge in [0.15, 0.2) is 11.5 Å². The molecule has 1 N–H and O–H groups in total. The lowest BCUT2D eigenvalue weighted by molar-refractivity contribution is 0.0495. The molecular formula is C22H32N2O3. The van der Waals surface area contributed by atoms with Crippen LogP contribution in [0.3, 0.4) is 0 Å². The lowest BCUT2D eigenvalue weighted by Crippen LogP contribution is -2.47. The molecule has 0 atom stereocenters. The van der Waals surface area contributed by atoms with Crippen LogP contribution in [0.15, 0.2) is 18.2 Å². The van der Waals surface area contributed by atoms with Crippen molar-refractivity contribution in [2.45, 2.75) is 57.5 Å². The number of rotatable bonds is 4. The van der Waals surface area contributed by atoms with Gasteiger partial charge in [-0.25, -0.2) is 0 Å². The van der Waals surface area contributed by atoms with Gasteiger partial charge in [-0.15, -0.1) is 0 Å². The fraction of sp³-hybridized carbons (Fsp3) is 0.682. The molecule has 1 amide bonds. The summed E-state index contributed by atoms with van der Waals surface area (Å²) >= 11 is 0. The Morgan fingerprint density at radius 2 is 1.78 bits per heavy atom. The highest BCUT2D eigenvalue weighted by molar-refractivity contribution is 5.95. The number of nitrogens with one attached hydrogen (secondary N) is 1. The van der Waals surface area contributed by atoms with Crippen LogP contribution in [-0.2, 0) is 0 Å². The van der Waals surface area contributed by atoms with E-state index in [4.69, 9.17) is 9.47 Å². The van der Waals surface area contributed by atoms with Crippen LogP contribution in [0.2, 0.25) is 0 Å². The van der Waals surface area contributed by atoms with E-state index in [9.17, 15) is 4.79 Å². The average molecular weight is 373 g/mol. The lowest BCUT2D eigenvalue weighted by atomic mass is 9.71. The highest BCUT2D eigenvalue weighted by Crippen LogP contribution is 2.40. The summed E-state index contributed by atoms with van der Waals surface area (Å²) < 4.78 is 11.6. The first-order valence-electron chi connectivity index (χ1n) is 10.5. The predicted octanol–water partition coefficient (Wildman–Crippen LogP) is 3.62. The standard InChI is InChI=1S/C22H32N2O3/c1-26-20-16-17(6-7-19(20)27-18-4-2-3-5-18)21(25)24-14-10-22(11-15-24)8-12-23-13-9-22/h6-7,16,18,23H,2-5,8-15H2,1H3. The van der Waals surface area contributed by atoms with Crippen molar-refractivity contribution in [2.75, 3.05) is 33.3 Å². The van der Waals surface area contributed by atoms with Crippen LogP contribution in [0.1, 0.15) is 61.7 Å². The second-order valence-corrected chi connectivity index (χ2v) is 8.43. The first-order chi connectivity index (χ1) is 13.2. The molecule has 148 valence electrons. The van der Waals surface area contributed by atoms with Crippen LogP contribution in [0.5, 0.6) is 11.5 Å². The molecule has 5 nitrogen and oxygen atoms in total. The van der Waals surface area contributed by atoms with Crippen molar-refractivity contribution in [1.29, 1.82) is 0 Å². The second-order valence-electron chi connectivity index (χ2n) is 8.43. The van der Waals surface area contributed by atoms with Gasteiger partial charge in [0.2, 0.25) is 0 Å². The Morgan fingerprint density at radius 1 is 1.07 bits per heavy atom. The summed E-state index contributed by atoms with van der Waals surface area (Å²) in [7, 11) is 1.65. The third-order valence-electron chi connectivity index (χ3n) is 6.78. The Bertz CT molecular complexity index is 654. The topological polar surface area (TPSA) is 50.8 Å². The molecule has 1 spiro atoms. The maximum atomic E-state index is 13.0. The van der Waals surface area contributed by atoms with Crippen molar-refractivity contribution in [3.8, 4) is 11.5 Å². The van der Waals surface area contributed by atoms with Gasteiger partial charge in [-0.2, -0.15) is 0 Å². The van der Waals surface area contributed by atoms with E-state index in [-0.39, 0.29) is 12.0 Å². The van der Waals surface area contributed by atoms with E-state index in [2.05, 4.69) is 5.32 Å². The highest BCUT2D eigenvalue weighted by Gasteiger charge is 2.37. The van der Waals surface area contributed by atoms with Crippen LogP contribution < -0.4 is 14.8 Å². The van der Waals surface area contributed by atoms with Gasteiger partial charge in [-0.3, -0.25) is 4.79 Å². The van der Waals surface area contributed by atoms with Gasteiger partial charge < -0.3 is 19.7 Å². The second kappa shape index (κ2) is 8.09. The number of ether oxygens (including phenoxy) is 2. The van der Waals surface area contributed by atoms with Gasteiger partial charge in [0.1, 0.15) is 0 Å². The van der Waals surface area contributed by atoms with Crippen LogP contribution in [0.25, 0.3) is 0 Å². The van der Waals surface area contributed by atoms with Crippen molar-refractivity contribution in [3.63, 3.8) is 0 Å². The Kier molecular flexibility index (Phi) is 5.58. The maximum Gasteiger partial charge on any atom is 0.253 e. The molecule has 1 saturated carbocycles. The Labute approximate surface area is 162 Å². The zero-order chi connectivity index (χ0) is 18.7. The van der Waals surface area contributed by atoms with E-state index >= 15 is 0 Å². The predicted molar refractivity (Wildman–Crippen MR) is 106 cm³/mol.